The van der Waals surface area contributed by atoms with Crippen LogP contribution >= 0.6 is 0 Å². The second-order valence-corrected chi connectivity index (χ2v) is 9.24. The average Bonchev–Trinajstić information content (AvgIpc) is 2.85. The van der Waals surface area contributed by atoms with Crippen LogP contribution in [-0.2, 0) is 11.0 Å². The number of likely N-dealkylation sites (tertiary alicyclic amines) is 1. The van der Waals surface area contributed by atoms with Crippen LogP contribution < -0.4 is 4.74 Å². The molecule has 0 aromatic heterocycles. The Balaban J connectivity index is 1.49. The Morgan fingerprint density at radius 3 is 2.34 bits per heavy atom. The number of piperidine rings is 1. The molecule has 2 saturated heterocycles. The predicted octanol–water partition coefficient (Wildman–Crippen LogP) is 3.78. The maximum atomic E-state index is 13.2. The number of piperazine rings is 1. The van der Waals surface area contributed by atoms with Gasteiger partial charge in [-0.3, -0.25) is 9.59 Å². The molecule has 0 spiro atoms. The van der Waals surface area contributed by atoms with Gasteiger partial charge in [-0.2, -0.15) is 13.2 Å². The van der Waals surface area contributed by atoms with Crippen molar-refractivity contribution in [2.24, 2.45) is 5.92 Å². The molecule has 2 fully saturated rings. The van der Waals surface area contributed by atoms with Crippen molar-refractivity contribution in [1.29, 1.82) is 0 Å². The topological polar surface area (TPSA) is 53.1 Å². The van der Waals surface area contributed by atoms with E-state index in [-0.39, 0.29) is 36.5 Å². The second kappa shape index (κ2) is 10.7. The average molecular weight is 490 g/mol. The smallest absolute Gasteiger partial charge is 0.416 e. The SMILES string of the molecule is CN1CCN(C(=O)C[C@H]2CN(C(=O)c3cccc(C(F)(F)F)c3)CC[C@@H]2Oc2ccccc2)CC1. The summed E-state index contributed by atoms with van der Waals surface area (Å²) in [6.07, 6.45) is -4.10. The van der Waals surface area contributed by atoms with Gasteiger partial charge in [-0.05, 0) is 37.4 Å². The minimum atomic E-state index is -4.52. The van der Waals surface area contributed by atoms with E-state index < -0.39 is 17.6 Å². The van der Waals surface area contributed by atoms with E-state index in [1.54, 1.807) is 4.90 Å². The zero-order valence-electron chi connectivity index (χ0n) is 19.7. The molecule has 2 atom stereocenters. The Morgan fingerprint density at radius 1 is 0.943 bits per heavy atom. The minimum Gasteiger partial charge on any atom is -0.490 e. The molecule has 9 heteroatoms. The zero-order chi connectivity index (χ0) is 25.0. The first-order valence-electron chi connectivity index (χ1n) is 11.9. The van der Waals surface area contributed by atoms with Crippen LogP contribution in [0.3, 0.4) is 0 Å². The number of nitrogens with zero attached hydrogens (tertiary/aromatic N) is 3. The van der Waals surface area contributed by atoms with Crippen LogP contribution in [0.15, 0.2) is 54.6 Å². The van der Waals surface area contributed by atoms with Crippen molar-refractivity contribution >= 4 is 11.8 Å². The molecule has 0 N–H and O–H groups in total. The van der Waals surface area contributed by atoms with E-state index in [9.17, 15) is 22.8 Å². The molecule has 0 radical (unpaired) electrons. The van der Waals surface area contributed by atoms with Crippen molar-refractivity contribution in [2.45, 2.75) is 25.1 Å². The number of ether oxygens (including phenoxy) is 1. The van der Waals surface area contributed by atoms with E-state index >= 15 is 0 Å². The molecule has 2 aliphatic heterocycles. The molecular formula is C26H30F3N3O3. The molecule has 2 aromatic rings. The van der Waals surface area contributed by atoms with Crippen LogP contribution in [0.5, 0.6) is 5.75 Å². The highest BCUT2D eigenvalue weighted by atomic mass is 19.4. The van der Waals surface area contributed by atoms with Crippen LogP contribution in [0.1, 0.15) is 28.8 Å². The molecule has 6 nitrogen and oxygen atoms in total. The summed E-state index contributed by atoms with van der Waals surface area (Å²) in [5.74, 6) is -0.0394. The first-order chi connectivity index (χ1) is 16.7. The van der Waals surface area contributed by atoms with Gasteiger partial charge in [-0.15, -0.1) is 0 Å². The fourth-order valence-electron chi connectivity index (χ4n) is 4.64. The number of rotatable bonds is 5. The molecule has 2 aliphatic rings. The highest BCUT2D eigenvalue weighted by molar-refractivity contribution is 5.94. The van der Waals surface area contributed by atoms with Gasteiger partial charge in [0.25, 0.3) is 5.91 Å². The molecule has 2 amide bonds. The lowest BCUT2D eigenvalue weighted by Gasteiger charge is -2.40. The van der Waals surface area contributed by atoms with Crippen molar-refractivity contribution in [3.05, 3.63) is 65.7 Å². The first-order valence-corrected chi connectivity index (χ1v) is 11.9. The van der Waals surface area contributed by atoms with Gasteiger partial charge in [0.1, 0.15) is 11.9 Å². The minimum absolute atomic E-state index is 0.00797. The normalized spacial score (nSPS) is 21.6. The number of carbonyl (C=O) groups is 2. The third-order valence-corrected chi connectivity index (χ3v) is 6.71. The van der Waals surface area contributed by atoms with Gasteiger partial charge in [0.05, 0.1) is 5.56 Å². The molecule has 188 valence electrons. The van der Waals surface area contributed by atoms with Crippen LogP contribution in [0.4, 0.5) is 13.2 Å². The summed E-state index contributed by atoms with van der Waals surface area (Å²) in [6, 6.07) is 13.8. The summed E-state index contributed by atoms with van der Waals surface area (Å²) in [5, 5.41) is 0. The van der Waals surface area contributed by atoms with Crippen LogP contribution in [0, 0.1) is 5.92 Å². The molecule has 2 heterocycles. The summed E-state index contributed by atoms with van der Waals surface area (Å²) >= 11 is 0. The van der Waals surface area contributed by atoms with Crippen molar-refractivity contribution in [1.82, 2.24) is 14.7 Å². The standard InChI is InChI=1S/C26H30F3N3O3/c1-30-12-14-31(15-13-30)24(33)17-20-18-32(11-10-23(20)35-22-8-3-2-4-9-22)25(34)19-6-5-7-21(16-19)26(27,28)29/h2-9,16,20,23H,10-15,17-18H2,1H3/t20-,23-/m0/s1. The Labute approximate surface area is 203 Å². The lowest BCUT2D eigenvalue weighted by molar-refractivity contribution is -0.137. The number of likely N-dealkylation sites (N-methyl/N-ethyl adjacent to an activating group) is 1. The fraction of sp³-hybridized carbons (Fsp3) is 0.462. The maximum Gasteiger partial charge on any atom is 0.416 e. The van der Waals surface area contributed by atoms with E-state index in [1.165, 1.54) is 12.1 Å². The molecule has 0 saturated carbocycles. The van der Waals surface area contributed by atoms with Gasteiger partial charge >= 0.3 is 6.18 Å². The molecule has 4 rings (SSSR count). The van der Waals surface area contributed by atoms with Crippen LogP contribution in [-0.4, -0.2) is 78.9 Å². The van der Waals surface area contributed by atoms with Crippen molar-refractivity contribution < 1.29 is 27.5 Å². The Morgan fingerprint density at radius 2 is 1.66 bits per heavy atom. The summed E-state index contributed by atoms with van der Waals surface area (Å²) in [7, 11) is 2.02. The lowest BCUT2D eigenvalue weighted by atomic mass is 9.90. The number of carbonyl (C=O) groups excluding carboxylic acids is 2. The predicted molar refractivity (Wildman–Crippen MR) is 125 cm³/mol. The number of para-hydroxylation sites is 1. The van der Waals surface area contributed by atoms with E-state index in [1.807, 2.05) is 42.3 Å². The number of benzene rings is 2. The zero-order valence-corrected chi connectivity index (χ0v) is 19.7. The van der Waals surface area contributed by atoms with Gasteiger partial charge < -0.3 is 19.4 Å². The number of alkyl halides is 3. The summed E-state index contributed by atoms with van der Waals surface area (Å²) in [6.45, 7) is 3.50. The van der Waals surface area contributed by atoms with Gasteiger partial charge in [0, 0.05) is 63.6 Å². The van der Waals surface area contributed by atoms with Gasteiger partial charge in [-0.25, -0.2) is 0 Å². The molecule has 2 aromatic carbocycles. The fourth-order valence-corrected chi connectivity index (χ4v) is 4.64. The first kappa shape index (κ1) is 25.0. The van der Waals surface area contributed by atoms with Crippen LogP contribution in [0.25, 0.3) is 0 Å². The molecule has 0 aliphatic carbocycles. The monoisotopic (exact) mass is 489 g/mol. The highest BCUT2D eigenvalue weighted by Crippen LogP contribution is 2.31. The van der Waals surface area contributed by atoms with Gasteiger partial charge in [0.2, 0.25) is 5.91 Å². The summed E-state index contributed by atoms with van der Waals surface area (Å²) in [4.78, 5) is 31.8. The van der Waals surface area contributed by atoms with E-state index in [4.69, 9.17) is 4.74 Å². The van der Waals surface area contributed by atoms with E-state index in [0.717, 1.165) is 25.2 Å². The Bertz CT molecular complexity index is 1020. The van der Waals surface area contributed by atoms with Gasteiger partial charge in [0.15, 0.2) is 0 Å². The number of hydrogen-bond acceptors (Lipinski definition) is 4. The quantitative estimate of drug-likeness (QED) is 0.642. The molecule has 0 bridgehead atoms. The largest absolute Gasteiger partial charge is 0.490 e. The number of hydrogen-bond donors (Lipinski definition) is 0. The van der Waals surface area contributed by atoms with Crippen molar-refractivity contribution in [3.8, 4) is 5.75 Å². The highest BCUT2D eigenvalue weighted by Gasteiger charge is 2.37. The summed E-state index contributed by atoms with van der Waals surface area (Å²) < 4.78 is 45.7. The molecule has 0 unspecified atom stereocenters. The Kier molecular flexibility index (Phi) is 7.64. The number of amides is 2. The third-order valence-electron chi connectivity index (χ3n) is 6.71. The van der Waals surface area contributed by atoms with Gasteiger partial charge in [-0.1, -0.05) is 24.3 Å². The van der Waals surface area contributed by atoms with E-state index in [0.29, 0.717) is 31.8 Å². The lowest BCUT2D eigenvalue weighted by Crippen LogP contribution is -2.51. The van der Waals surface area contributed by atoms with Crippen molar-refractivity contribution in [3.63, 3.8) is 0 Å². The molecule has 35 heavy (non-hydrogen) atoms. The van der Waals surface area contributed by atoms with Crippen molar-refractivity contribution in [2.75, 3.05) is 46.3 Å². The van der Waals surface area contributed by atoms with E-state index in [2.05, 4.69) is 4.90 Å². The Hall–Kier alpha value is -3.07. The van der Waals surface area contributed by atoms with Crippen LogP contribution in [0.2, 0.25) is 0 Å². The second-order valence-electron chi connectivity index (χ2n) is 9.24. The summed E-state index contributed by atoms with van der Waals surface area (Å²) in [5.41, 5.74) is -0.862. The maximum absolute atomic E-state index is 13.2. The molecular weight excluding hydrogens is 459 g/mol. The third kappa shape index (κ3) is 6.33. The number of halogens is 3.